The first-order valence-electron chi connectivity index (χ1n) is 10.3. The predicted octanol–water partition coefficient (Wildman–Crippen LogP) is 3.27. The molecule has 0 saturated carbocycles. The van der Waals surface area contributed by atoms with Gasteiger partial charge in [0.25, 0.3) is 5.91 Å². The molecule has 0 spiro atoms. The van der Waals surface area contributed by atoms with Crippen molar-refractivity contribution in [2.75, 3.05) is 25.0 Å². The van der Waals surface area contributed by atoms with E-state index in [0.717, 1.165) is 5.56 Å². The van der Waals surface area contributed by atoms with Crippen LogP contribution in [0, 0.1) is 5.82 Å². The maximum absolute atomic E-state index is 13.6. The molecule has 0 saturated heterocycles. The van der Waals surface area contributed by atoms with Gasteiger partial charge in [-0.15, -0.1) is 0 Å². The number of hydrogen-bond acceptors (Lipinski definition) is 4. The zero-order valence-electron chi connectivity index (χ0n) is 18.5. The molecule has 1 aliphatic heterocycles. The number of benzene rings is 2. The Bertz CT molecular complexity index is 1080. The number of amides is 3. The Morgan fingerprint density at radius 2 is 1.78 bits per heavy atom. The fraction of sp³-hybridized carbons (Fsp3) is 0.292. The van der Waals surface area contributed by atoms with E-state index < -0.39 is 11.7 Å². The highest BCUT2D eigenvalue weighted by molar-refractivity contribution is 6.27. The average Bonchev–Trinajstić information content (AvgIpc) is 2.73. The Kier molecular flexibility index (Phi) is 6.62. The molecule has 0 bridgehead atoms. The lowest BCUT2D eigenvalue weighted by Crippen LogP contribution is -2.45. The Balaban J connectivity index is 1.78. The van der Waals surface area contributed by atoms with Crippen molar-refractivity contribution in [3.8, 4) is 0 Å². The van der Waals surface area contributed by atoms with Crippen LogP contribution in [0.15, 0.2) is 59.1 Å². The van der Waals surface area contributed by atoms with Crippen LogP contribution in [-0.2, 0) is 10.2 Å². The van der Waals surface area contributed by atoms with Crippen molar-refractivity contribution in [2.45, 2.75) is 26.2 Å². The summed E-state index contributed by atoms with van der Waals surface area (Å²) in [4.78, 5) is 30.9. The molecule has 2 aromatic rings. The highest BCUT2D eigenvalue weighted by Crippen LogP contribution is 2.24. The number of anilines is 1. The minimum atomic E-state index is -0.787. The molecule has 7 nitrogen and oxygen atoms in total. The van der Waals surface area contributed by atoms with Crippen molar-refractivity contribution in [2.24, 2.45) is 16.5 Å². The molecule has 1 heterocycles. The summed E-state index contributed by atoms with van der Waals surface area (Å²) in [5.41, 5.74) is 14.2. The number of primary amides is 1. The molecule has 8 heteroatoms. The van der Waals surface area contributed by atoms with Crippen molar-refractivity contribution < 1.29 is 14.0 Å². The van der Waals surface area contributed by atoms with Gasteiger partial charge in [-0.2, -0.15) is 0 Å². The standard InChI is InChI=1S/C24H28FN5O2/c1-24(2,3)16-7-9-18(10-8-16)29-23(32)30-12-11-28-19(14-30)20(22(27)31)21(26)15-5-4-6-17(25)13-15/h4-10,13H,11-12,14,26H2,1-3H3,(H2,27,31)(H,29,32). The molecular weight excluding hydrogens is 409 g/mol. The van der Waals surface area contributed by atoms with Gasteiger partial charge in [-0.1, -0.05) is 45.0 Å². The molecule has 0 fully saturated rings. The molecule has 3 amide bonds. The predicted molar refractivity (Wildman–Crippen MR) is 125 cm³/mol. The van der Waals surface area contributed by atoms with Crippen LogP contribution in [0.4, 0.5) is 14.9 Å². The van der Waals surface area contributed by atoms with Crippen LogP contribution < -0.4 is 16.8 Å². The van der Waals surface area contributed by atoms with Crippen LogP contribution in [0.3, 0.4) is 0 Å². The molecule has 0 aromatic heterocycles. The third-order valence-corrected chi connectivity index (χ3v) is 5.24. The van der Waals surface area contributed by atoms with Gasteiger partial charge >= 0.3 is 6.03 Å². The van der Waals surface area contributed by atoms with Crippen LogP contribution in [-0.4, -0.2) is 42.2 Å². The second-order valence-corrected chi connectivity index (χ2v) is 8.67. The van der Waals surface area contributed by atoms with E-state index in [-0.39, 0.29) is 29.3 Å². The summed E-state index contributed by atoms with van der Waals surface area (Å²) in [7, 11) is 0. The molecule has 0 unspecified atom stereocenters. The second kappa shape index (κ2) is 9.21. The number of carbonyl (C=O) groups excluding carboxylic acids is 2. The highest BCUT2D eigenvalue weighted by Gasteiger charge is 2.26. The first-order valence-corrected chi connectivity index (χ1v) is 10.3. The number of aliphatic imine (C=N–C) groups is 1. The molecule has 2 aromatic carbocycles. The summed E-state index contributed by atoms with van der Waals surface area (Å²) in [6.07, 6.45) is 0. The number of rotatable bonds is 4. The number of urea groups is 1. The first kappa shape index (κ1) is 23.0. The SMILES string of the molecule is CC(C)(C)c1ccc(NC(=O)N2CCN=C(C(C(N)=O)=C(N)c3cccc(F)c3)C2)cc1. The van der Waals surface area contributed by atoms with E-state index in [1.54, 1.807) is 6.07 Å². The third-order valence-electron chi connectivity index (χ3n) is 5.24. The Labute approximate surface area is 187 Å². The summed E-state index contributed by atoms with van der Waals surface area (Å²) in [6, 6.07) is 12.9. The Morgan fingerprint density at radius 1 is 1.09 bits per heavy atom. The molecule has 0 aliphatic carbocycles. The lowest BCUT2D eigenvalue weighted by molar-refractivity contribution is -0.114. The first-order chi connectivity index (χ1) is 15.1. The molecule has 32 heavy (non-hydrogen) atoms. The van der Waals surface area contributed by atoms with Crippen LogP contribution in [0.1, 0.15) is 31.9 Å². The summed E-state index contributed by atoms with van der Waals surface area (Å²) >= 11 is 0. The maximum atomic E-state index is 13.6. The summed E-state index contributed by atoms with van der Waals surface area (Å²) in [6.45, 7) is 7.08. The normalized spacial score (nSPS) is 15.0. The Hall–Kier alpha value is -3.68. The molecule has 168 valence electrons. The second-order valence-electron chi connectivity index (χ2n) is 8.67. The van der Waals surface area contributed by atoms with Crippen molar-refractivity contribution in [1.82, 2.24) is 4.90 Å². The quantitative estimate of drug-likeness (QED) is 0.638. The van der Waals surface area contributed by atoms with Crippen LogP contribution >= 0.6 is 0 Å². The number of halogens is 1. The van der Waals surface area contributed by atoms with Crippen molar-refractivity contribution >= 4 is 29.0 Å². The minimum absolute atomic E-state index is 0.0115. The third kappa shape index (κ3) is 5.32. The van der Waals surface area contributed by atoms with Gasteiger partial charge in [0.1, 0.15) is 5.82 Å². The van der Waals surface area contributed by atoms with Crippen LogP contribution in [0.2, 0.25) is 0 Å². The zero-order chi connectivity index (χ0) is 23.5. The Morgan fingerprint density at radius 3 is 2.38 bits per heavy atom. The van der Waals surface area contributed by atoms with Gasteiger partial charge in [0.05, 0.1) is 30.1 Å². The van der Waals surface area contributed by atoms with E-state index in [1.807, 2.05) is 24.3 Å². The highest BCUT2D eigenvalue weighted by atomic mass is 19.1. The van der Waals surface area contributed by atoms with Gasteiger partial charge < -0.3 is 21.7 Å². The average molecular weight is 438 g/mol. The summed E-state index contributed by atoms with van der Waals surface area (Å²) in [5.74, 6) is -1.27. The lowest BCUT2D eigenvalue weighted by Gasteiger charge is -2.28. The number of nitrogens with two attached hydrogens (primary N) is 2. The van der Waals surface area contributed by atoms with Crippen LogP contribution in [0.25, 0.3) is 5.70 Å². The van der Waals surface area contributed by atoms with Gasteiger partial charge in [0.2, 0.25) is 0 Å². The fourth-order valence-corrected chi connectivity index (χ4v) is 3.43. The molecule has 1 aliphatic rings. The number of nitrogens with one attached hydrogen (secondary N) is 1. The van der Waals surface area contributed by atoms with Gasteiger partial charge in [-0.05, 0) is 35.2 Å². The monoisotopic (exact) mass is 437 g/mol. The van der Waals surface area contributed by atoms with E-state index in [0.29, 0.717) is 30.1 Å². The van der Waals surface area contributed by atoms with E-state index in [4.69, 9.17) is 11.5 Å². The van der Waals surface area contributed by atoms with Gasteiger partial charge in [0.15, 0.2) is 0 Å². The van der Waals surface area contributed by atoms with Crippen LogP contribution in [0.5, 0.6) is 0 Å². The van der Waals surface area contributed by atoms with Gasteiger partial charge in [0, 0.05) is 17.8 Å². The van der Waals surface area contributed by atoms with Crippen molar-refractivity contribution in [1.29, 1.82) is 0 Å². The van der Waals surface area contributed by atoms with E-state index in [1.165, 1.54) is 23.1 Å². The number of nitrogens with zero attached hydrogens (tertiary/aromatic N) is 2. The number of carbonyl (C=O) groups is 2. The summed E-state index contributed by atoms with van der Waals surface area (Å²) < 4.78 is 13.6. The smallest absolute Gasteiger partial charge is 0.322 e. The van der Waals surface area contributed by atoms with Crippen molar-refractivity contribution in [3.05, 3.63) is 71.0 Å². The van der Waals surface area contributed by atoms with E-state index in [2.05, 4.69) is 31.1 Å². The lowest BCUT2D eigenvalue weighted by atomic mass is 9.87. The minimum Gasteiger partial charge on any atom is -0.398 e. The largest absolute Gasteiger partial charge is 0.398 e. The van der Waals surface area contributed by atoms with Crippen molar-refractivity contribution in [3.63, 3.8) is 0 Å². The topological polar surface area (TPSA) is 114 Å². The van der Waals surface area contributed by atoms with E-state index in [9.17, 15) is 14.0 Å². The van der Waals surface area contributed by atoms with E-state index >= 15 is 0 Å². The molecular formula is C24H28FN5O2. The maximum Gasteiger partial charge on any atom is 0.322 e. The summed E-state index contributed by atoms with van der Waals surface area (Å²) in [5, 5.41) is 2.87. The van der Waals surface area contributed by atoms with Gasteiger partial charge in [-0.3, -0.25) is 9.79 Å². The van der Waals surface area contributed by atoms with Gasteiger partial charge in [-0.25, -0.2) is 9.18 Å². The molecule has 5 N–H and O–H groups in total. The fourth-order valence-electron chi connectivity index (χ4n) is 3.43. The molecule has 3 rings (SSSR count). The number of hydrogen-bond donors (Lipinski definition) is 3. The molecule has 0 atom stereocenters. The molecule has 0 radical (unpaired) electrons. The zero-order valence-corrected chi connectivity index (χ0v) is 18.5.